The molecule has 0 amide bonds. The van der Waals surface area contributed by atoms with Crippen molar-refractivity contribution in [2.75, 3.05) is 5.73 Å². The molecule has 1 unspecified atom stereocenters. The molecule has 4 N–H and O–H groups in total. The van der Waals surface area contributed by atoms with Crippen LogP contribution < -0.4 is 11.5 Å². The van der Waals surface area contributed by atoms with E-state index in [2.05, 4.69) is 0 Å². The number of hydrogen-bond donors (Lipinski definition) is 2. The maximum atomic E-state index is 12.6. The molecule has 0 aromatic heterocycles. The van der Waals surface area contributed by atoms with Gasteiger partial charge < -0.3 is 11.5 Å². The molecule has 1 atom stereocenters. The van der Waals surface area contributed by atoms with Crippen molar-refractivity contribution in [2.45, 2.75) is 26.1 Å². The molecular formula is C10H13F3N2. The van der Waals surface area contributed by atoms with E-state index in [4.69, 9.17) is 11.5 Å². The number of anilines is 1. The summed E-state index contributed by atoms with van der Waals surface area (Å²) < 4.78 is 37.7. The third-order valence-corrected chi connectivity index (χ3v) is 2.27. The fourth-order valence-electron chi connectivity index (χ4n) is 1.53. The zero-order valence-electron chi connectivity index (χ0n) is 8.52. The van der Waals surface area contributed by atoms with Crippen LogP contribution in [0.15, 0.2) is 12.1 Å². The lowest BCUT2D eigenvalue weighted by atomic mass is 9.97. The minimum absolute atomic E-state index is 0.0835. The van der Waals surface area contributed by atoms with Crippen LogP contribution in [0.2, 0.25) is 0 Å². The van der Waals surface area contributed by atoms with Crippen molar-refractivity contribution < 1.29 is 13.2 Å². The lowest BCUT2D eigenvalue weighted by molar-refractivity contribution is -0.138. The summed E-state index contributed by atoms with van der Waals surface area (Å²) in [4.78, 5) is 0. The molecule has 5 heteroatoms. The highest BCUT2D eigenvalue weighted by molar-refractivity contribution is 5.51. The average Bonchev–Trinajstić information content (AvgIpc) is 2.06. The number of hydrogen-bond acceptors (Lipinski definition) is 2. The normalized spacial score (nSPS) is 14.0. The highest BCUT2D eigenvalue weighted by atomic mass is 19.4. The lowest BCUT2D eigenvalue weighted by Gasteiger charge is -2.17. The average molecular weight is 218 g/mol. The Labute approximate surface area is 86.1 Å². The first-order chi connectivity index (χ1) is 6.73. The van der Waals surface area contributed by atoms with Gasteiger partial charge in [0.05, 0.1) is 5.56 Å². The van der Waals surface area contributed by atoms with Gasteiger partial charge in [-0.05, 0) is 37.1 Å². The van der Waals surface area contributed by atoms with Gasteiger partial charge in [-0.3, -0.25) is 0 Å². The van der Waals surface area contributed by atoms with Crippen LogP contribution in [-0.4, -0.2) is 0 Å². The van der Waals surface area contributed by atoms with Crippen molar-refractivity contribution in [3.8, 4) is 0 Å². The van der Waals surface area contributed by atoms with Crippen molar-refractivity contribution in [3.63, 3.8) is 0 Å². The molecule has 1 aromatic rings. The Morgan fingerprint density at radius 1 is 1.27 bits per heavy atom. The van der Waals surface area contributed by atoms with E-state index in [0.717, 1.165) is 6.07 Å². The second-order valence-corrected chi connectivity index (χ2v) is 3.57. The largest absolute Gasteiger partial charge is 0.416 e. The minimum Gasteiger partial charge on any atom is -0.399 e. The minimum atomic E-state index is -4.39. The number of alkyl halides is 3. The predicted molar refractivity (Wildman–Crippen MR) is 53.2 cm³/mol. The summed E-state index contributed by atoms with van der Waals surface area (Å²) in [6.45, 7) is 3.03. The fraction of sp³-hybridized carbons (Fsp3) is 0.400. The highest BCUT2D eigenvalue weighted by Crippen LogP contribution is 2.35. The molecule has 0 aliphatic heterocycles. The van der Waals surface area contributed by atoms with Gasteiger partial charge in [0, 0.05) is 11.7 Å². The van der Waals surface area contributed by atoms with Crippen molar-refractivity contribution in [1.29, 1.82) is 0 Å². The lowest BCUT2D eigenvalue weighted by Crippen LogP contribution is -2.14. The molecule has 1 aromatic carbocycles. The van der Waals surface area contributed by atoms with Crippen LogP contribution >= 0.6 is 0 Å². The van der Waals surface area contributed by atoms with Crippen LogP contribution in [0.5, 0.6) is 0 Å². The van der Waals surface area contributed by atoms with Gasteiger partial charge in [0.25, 0.3) is 0 Å². The Balaban J connectivity index is 3.42. The van der Waals surface area contributed by atoms with Crippen molar-refractivity contribution in [1.82, 2.24) is 0 Å². The van der Waals surface area contributed by atoms with E-state index in [1.165, 1.54) is 13.0 Å². The molecule has 0 aliphatic carbocycles. The molecule has 0 fully saturated rings. The fourth-order valence-corrected chi connectivity index (χ4v) is 1.53. The monoisotopic (exact) mass is 218 g/mol. The van der Waals surface area contributed by atoms with E-state index in [1.54, 1.807) is 6.92 Å². The maximum absolute atomic E-state index is 12.6. The van der Waals surface area contributed by atoms with Gasteiger partial charge in [0.2, 0.25) is 0 Å². The molecule has 0 bridgehead atoms. The van der Waals surface area contributed by atoms with Gasteiger partial charge in [-0.15, -0.1) is 0 Å². The van der Waals surface area contributed by atoms with E-state index in [1.807, 2.05) is 0 Å². The summed E-state index contributed by atoms with van der Waals surface area (Å²) in [7, 11) is 0. The third-order valence-electron chi connectivity index (χ3n) is 2.27. The maximum Gasteiger partial charge on any atom is 0.416 e. The van der Waals surface area contributed by atoms with E-state index in [0.29, 0.717) is 5.56 Å². The van der Waals surface area contributed by atoms with Crippen LogP contribution in [0.3, 0.4) is 0 Å². The van der Waals surface area contributed by atoms with Crippen molar-refractivity contribution in [2.24, 2.45) is 5.73 Å². The molecule has 0 spiro atoms. The Kier molecular flexibility index (Phi) is 2.95. The van der Waals surface area contributed by atoms with Crippen LogP contribution in [-0.2, 0) is 6.18 Å². The molecule has 0 saturated carbocycles. The number of nitrogens with two attached hydrogens (primary N) is 2. The molecule has 15 heavy (non-hydrogen) atoms. The zero-order chi connectivity index (χ0) is 11.8. The molecule has 0 aliphatic rings. The number of halogens is 3. The van der Waals surface area contributed by atoms with Gasteiger partial charge in [-0.25, -0.2) is 0 Å². The Morgan fingerprint density at radius 3 is 2.20 bits per heavy atom. The quantitative estimate of drug-likeness (QED) is 0.712. The van der Waals surface area contributed by atoms with Gasteiger partial charge >= 0.3 is 6.18 Å². The van der Waals surface area contributed by atoms with Crippen LogP contribution in [0.25, 0.3) is 0 Å². The molecule has 1 rings (SSSR count). The summed E-state index contributed by atoms with van der Waals surface area (Å²) in [6, 6.07) is 1.95. The topological polar surface area (TPSA) is 52.0 Å². The standard InChI is InChI=1S/C10H13F3N2/c1-5-8(6(2)14)3-7(15)4-9(5)10(11,12)13/h3-4,6H,14-15H2,1-2H3. The zero-order valence-corrected chi connectivity index (χ0v) is 8.52. The van der Waals surface area contributed by atoms with Crippen LogP contribution in [0.1, 0.15) is 29.7 Å². The Bertz CT molecular complexity index is 370. The second-order valence-electron chi connectivity index (χ2n) is 3.57. The molecule has 84 valence electrons. The van der Waals surface area contributed by atoms with Gasteiger partial charge in [-0.2, -0.15) is 13.2 Å². The molecule has 0 saturated heterocycles. The van der Waals surface area contributed by atoms with E-state index in [-0.39, 0.29) is 11.3 Å². The Hall–Kier alpha value is -1.23. The first-order valence-corrected chi connectivity index (χ1v) is 4.46. The summed E-state index contributed by atoms with van der Waals surface area (Å²) >= 11 is 0. The Morgan fingerprint density at radius 2 is 1.80 bits per heavy atom. The van der Waals surface area contributed by atoms with Crippen molar-refractivity contribution >= 4 is 5.69 Å². The summed E-state index contributed by atoms with van der Waals surface area (Å²) in [6.07, 6.45) is -4.39. The summed E-state index contributed by atoms with van der Waals surface area (Å²) in [5, 5.41) is 0. The smallest absolute Gasteiger partial charge is 0.399 e. The molecule has 0 radical (unpaired) electrons. The van der Waals surface area contributed by atoms with E-state index >= 15 is 0 Å². The van der Waals surface area contributed by atoms with Crippen molar-refractivity contribution in [3.05, 3.63) is 28.8 Å². The number of rotatable bonds is 1. The highest BCUT2D eigenvalue weighted by Gasteiger charge is 2.33. The first kappa shape index (κ1) is 11.8. The first-order valence-electron chi connectivity index (χ1n) is 4.46. The molecule has 2 nitrogen and oxygen atoms in total. The third kappa shape index (κ3) is 2.41. The van der Waals surface area contributed by atoms with Crippen LogP contribution in [0.4, 0.5) is 18.9 Å². The second kappa shape index (κ2) is 3.73. The van der Waals surface area contributed by atoms with E-state index < -0.39 is 17.8 Å². The van der Waals surface area contributed by atoms with Gasteiger partial charge in [0.1, 0.15) is 0 Å². The van der Waals surface area contributed by atoms with Gasteiger partial charge in [-0.1, -0.05) is 0 Å². The van der Waals surface area contributed by atoms with Gasteiger partial charge in [0.15, 0.2) is 0 Å². The molecule has 0 heterocycles. The summed E-state index contributed by atoms with van der Waals surface area (Å²) in [5.74, 6) is 0. The summed E-state index contributed by atoms with van der Waals surface area (Å²) in [5.41, 5.74) is 10.9. The molecular weight excluding hydrogens is 205 g/mol. The number of nitrogen functional groups attached to an aromatic ring is 1. The predicted octanol–water partition coefficient (Wildman–Crippen LogP) is 2.62. The van der Waals surface area contributed by atoms with Crippen LogP contribution in [0, 0.1) is 6.92 Å². The number of benzene rings is 1. The SMILES string of the molecule is Cc1c(C(C)N)cc(N)cc1C(F)(F)F. The van der Waals surface area contributed by atoms with E-state index in [9.17, 15) is 13.2 Å².